The van der Waals surface area contributed by atoms with Gasteiger partial charge >= 0.3 is 0 Å². The van der Waals surface area contributed by atoms with Gasteiger partial charge in [0, 0.05) is 25.2 Å². The highest BCUT2D eigenvalue weighted by Gasteiger charge is 2.50. The van der Waals surface area contributed by atoms with Crippen molar-refractivity contribution in [3.05, 3.63) is 83.2 Å². The molecule has 0 spiro atoms. The normalized spacial score (nSPS) is 18.0. The second-order valence-electron chi connectivity index (χ2n) is 7.51. The number of aromatic nitrogens is 1. The molecule has 0 fully saturated rings. The standard InChI is InChI=1S/C23H23N3O3/c1-16-12-18(29-25-16)15-24-21(27)14-23(13-17-8-4-3-5-9-17)19-10-6-7-11-20(19)26(2)22(23)28/h3-12H,13-15H2,1-2H3,(H,24,27). The number of likely N-dealkylation sites (N-methyl/N-ethyl adjacent to an activating group) is 1. The Balaban J connectivity index is 1.64. The van der Waals surface area contributed by atoms with Crippen molar-refractivity contribution >= 4 is 17.5 Å². The van der Waals surface area contributed by atoms with E-state index in [-0.39, 0.29) is 24.8 Å². The first-order chi connectivity index (χ1) is 14.0. The first-order valence-electron chi connectivity index (χ1n) is 9.60. The number of fused-ring (bicyclic) bond motifs is 1. The summed E-state index contributed by atoms with van der Waals surface area (Å²) in [5.74, 6) is 0.324. The van der Waals surface area contributed by atoms with Crippen LogP contribution in [0.15, 0.2) is 65.2 Å². The minimum atomic E-state index is -0.936. The van der Waals surface area contributed by atoms with Crippen LogP contribution in [-0.4, -0.2) is 24.0 Å². The fraction of sp³-hybridized carbons (Fsp3) is 0.261. The number of carbonyl (C=O) groups excluding carboxylic acids is 2. The molecule has 2 amide bonds. The molecule has 0 saturated carbocycles. The second kappa shape index (κ2) is 7.54. The molecule has 1 aromatic heterocycles. The molecule has 0 aliphatic carbocycles. The van der Waals surface area contributed by atoms with Crippen molar-refractivity contribution in [1.82, 2.24) is 10.5 Å². The molecule has 1 unspecified atom stereocenters. The van der Waals surface area contributed by atoms with Crippen molar-refractivity contribution in [3.8, 4) is 0 Å². The molecule has 148 valence electrons. The number of carbonyl (C=O) groups is 2. The molecule has 0 saturated heterocycles. The minimum absolute atomic E-state index is 0.0618. The molecule has 2 aromatic carbocycles. The van der Waals surface area contributed by atoms with Crippen molar-refractivity contribution in [1.29, 1.82) is 0 Å². The number of nitrogens with zero attached hydrogens (tertiary/aromatic N) is 2. The zero-order valence-electron chi connectivity index (χ0n) is 16.5. The van der Waals surface area contributed by atoms with Crippen molar-refractivity contribution in [2.75, 3.05) is 11.9 Å². The lowest BCUT2D eigenvalue weighted by Crippen LogP contribution is -2.44. The Morgan fingerprint density at radius 1 is 1.14 bits per heavy atom. The maximum atomic E-state index is 13.4. The topological polar surface area (TPSA) is 75.4 Å². The van der Waals surface area contributed by atoms with Gasteiger partial charge in [0.1, 0.15) is 0 Å². The lowest BCUT2D eigenvalue weighted by molar-refractivity contribution is -0.129. The number of amides is 2. The second-order valence-corrected chi connectivity index (χ2v) is 7.51. The average molecular weight is 389 g/mol. The van der Waals surface area contributed by atoms with Gasteiger partial charge < -0.3 is 14.7 Å². The van der Waals surface area contributed by atoms with E-state index >= 15 is 0 Å². The predicted octanol–water partition coefficient (Wildman–Crippen LogP) is 3.15. The van der Waals surface area contributed by atoms with Crippen LogP contribution in [0.3, 0.4) is 0 Å². The quantitative estimate of drug-likeness (QED) is 0.703. The molecule has 6 nitrogen and oxygen atoms in total. The average Bonchev–Trinajstić information content (AvgIpc) is 3.23. The van der Waals surface area contributed by atoms with Gasteiger partial charge in [0.05, 0.1) is 17.7 Å². The number of para-hydroxylation sites is 1. The Morgan fingerprint density at radius 2 is 1.86 bits per heavy atom. The fourth-order valence-electron chi connectivity index (χ4n) is 4.09. The lowest BCUT2D eigenvalue weighted by Gasteiger charge is -2.28. The number of rotatable bonds is 6. The molecule has 1 atom stereocenters. The molecule has 0 radical (unpaired) electrons. The number of anilines is 1. The zero-order chi connectivity index (χ0) is 20.4. The third-order valence-corrected chi connectivity index (χ3v) is 5.44. The van der Waals surface area contributed by atoms with E-state index in [1.54, 1.807) is 18.0 Å². The third kappa shape index (κ3) is 3.53. The number of aryl methyl sites for hydroxylation is 1. The molecule has 6 heteroatoms. The summed E-state index contributed by atoms with van der Waals surface area (Å²) < 4.78 is 5.16. The summed E-state index contributed by atoms with van der Waals surface area (Å²) in [6.45, 7) is 2.07. The van der Waals surface area contributed by atoms with E-state index in [9.17, 15) is 9.59 Å². The van der Waals surface area contributed by atoms with Crippen molar-refractivity contribution < 1.29 is 14.1 Å². The number of hydrogen-bond acceptors (Lipinski definition) is 4. The molecule has 1 N–H and O–H groups in total. The Labute approximate surface area is 169 Å². The number of hydrogen-bond donors (Lipinski definition) is 1. The molecule has 2 heterocycles. The Bertz CT molecular complexity index is 1040. The van der Waals surface area contributed by atoms with E-state index < -0.39 is 5.41 Å². The number of nitrogens with one attached hydrogen (secondary N) is 1. The third-order valence-electron chi connectivity index (χ3n) is 5.44. The van der Waals surface area contributed by atoms with Gasteiger partial charge in [0.25, 0.3) is 0 Å². The largest absolute Gasteiger partial charge is 0.359 e. The first kappa shape index (κ1) is 18.9. The summed E-state index contributed by atoms with van der Waals surface area (Å²) in [6, 6.07) is 19.3. The molecule has 1 aliphatic heterocycles. The summed E-state index contributed by atoms with van der Waals surface area (Å²) in [7, 11) is 1.77. The monoisotopic (exact) mass is 389 g/mol. The van der Waals surface area contributed by atoms with Gasteiger partial charge in [-0.2, -0.15) is 0 Å². The molecular weight excluding hydrogens is 366 g/mol. The molecule has 0 bridgehead atoms. The van der Waals surface area contributed by atoms with Crippen molar-refractivity contribution in [2.24, 2.45) is 0 Å². The lowest BCUT2D eigenvalue weighted by atomic mass is 9.73. The molecule has 3 aromatic rings. The van der Waals surface area contributed by atoms with Crippen LogP contribution < -0.4 is 10.2 Å². The summed E-state index contributed by atoms with van der Waals surface area (Å²) in [5, 5.41) is 6.70. The first-order valence-corrected chi connectivity index (χ1v) is 9.60. The predicted molar refractivity (Wildman–Crippen MR) is 109 cm³/mol. The summed E-state index contributed by atoms with van der Waals surface area (Å²) in [6.07, 6.45) is 0.526. The van der Waals surface area contributed by atoms with E-state index in [2.05, 4.69) is 10.5 Å². The summed E-state index contributed by atoms with van der Waals surface area (Å²) in [4.78, 5) is 28.0. The van der Waals surface area contributed by atoms with Gasteiger partial charge in [-0.05, 0) is 30.5 Å². The van der Waals surface area contributed by atoms with Crippen LogP contribution in [-0.2, 0) is 28.0 Å². The van der Waals surface area contributed by atoms with E-state index in [0.29, 0.717) is 12.2 Å². The zero-order valence-corrected chi connectivity index (χ0v) is 16.5. The molecule has 1 aliphatic rings. The van der Waals surface area contributed by atoms with Crippen LogP contribution in [0.5, 0.6) is 0 Å². The van der Waals surface area contributed by atoms with Crippen LogP contribution in [0.2, 0.25) is 0 Å². The minimum Gasteiger partial charge on any atom is -0.359 e. The van der Waals surface area contributed by atoms with Gasteiger partial charge in [-0.3, -0.25) is 9.59 Å². The molecule has 4 rings (SSSR count). The summed E-state index contributed by atoms with van der Waals surface area (Å²) in [5.41, 5.74) is 2.59. The summed E-state index contributed by atoms with van der Waals surface area (Å²) >= 11 is 0. The van der Waals surface area contributed by atoms with E-state index in [1.165, 1.54) is 0 Å². The highest BCUT2D eigenvalue weighted by molar-refractivity contribution is 6.09. The van der Waals surface area contributed by atoms with Crippen LogP contribution in [0.4, 0.5) is 5.69 Å². The Hall–Kier alpha value is -3.41. The highest BCUT2D eigenvalue weighted by Crippen LogP contribution is 2.45. The van der Waals surface area contributed by atoms with Crippen molar-refractivity contribution in [3.63, 3.8) is 0 Å². The van der Waals surface area contributed by atoms with Crippen molar-refractivity contribution in [2.45, 2.75) is 31.7 Å². The fourth-order valence-corrected chi connectivity index (χ4v) is 4.09. The molecule has 29 heavy (non-hydrogen) atoms. The van der Waals surface area contributed by atoms with Gasteiger partial charge in [-0.25, -0.2) is 0 Å². The molecular formula is C23H23N3O3. The van der Waals surface area contributed by atoms with Crippen LogP contribution >= 0.6 is 0 Å². The van der Waals surface area contributed by atoms with E-state index in [0.717, 1.165) is 22.5 Å². The van der Waals surface area contributed by atoms with Crippen LogP contribution in [0, 0.1) is 6.92 Å². The Morgan fingerprint density at radius 3 is 2.59 bits per heavy atom. The van der Waals surface area contributed by atoms with Crippen LogP contribution in [0.1, 0.15) is 29.0 Å². The smallest absolute Gasteiger partial charge is 0.238 e. The SMILES string of the molecule is Cc1cc(CNC(=O)CC2(Cc3ccccc3)C(=O)N(C)c3ccccc32)on1. The van der Waals surface area contributed by atoms with E-state index in [4.69, 9.17) is 4.52 Å². The maximum Gasteiger partial charge on any atom is 0.238 e. The van der Waals surface area contributed by atoms with Gasteiger partial charge in [-0.15, -0.1) is 0 Å². The maximum absolute atomic E-state index is 13.4. The van der Waals surface area contributed by atoms with Gasteiger partial charge in [0.2, 0.25) is 11.8 Å². The van der Waals surface area contributed by atoms with Gasteiger partial charge in [-0.1, -0.05) is 53.7 Å². The highest BCUT2D eigenvalue weighted by atomic mass is 16.5. The van der Waals surface area contributed by atoms with Gasteiger partial charge in [0.15, 0.2) is 5.76 Å². The van der Waals surface area contributed by atoms with E-state index in [1.807, 2.05) is 61.5 Å². The Kier molecular flexibility index (Phi) is 4.92. The number of benzene rings is 2. The van der Waals surface area contributed by atoms with Crippen LogP contribution in [0.25, 0.3) is 0 Å².